The lowest BCUT2D eigenvalue weighted by atomic mass is 9.95. The highest BCUT2D eigenvalue weighted by atomic mass is 16.2. The van der Waals surface area contributed by atoms with Crippen molar-refractivity contribution < 1.29 is 9.59 Å². The molecule has 2 aromatic rings. The van der Waals surface area contributed by atoms with Gasteiger partial charge in [0.15, 0.2) is 0 Å². The third-order valence-electron chi connectivity index (χ3n) is 7.93. The molecule has 3 aliphatic rings. The van der Waals surface area contributed by atoms with Gasteiger partial charge in [0.25, 0.3) is 5.91 Å². The van der Waals surface area contributed by atoms with Crippen molar-refractivity contribution in [2.75, 3.05) is 23.3 Å². The maximum absolute atomic E-state index is 13.4. The molecule has 2 saturated carbocycles. The van der Waals surface area contributed by atoms with E-state index >= 15 is 0 Å². The number of nitrogens with one attached hydrogen (secondary N) is 2. The number of benzene rings is 2. The Labute approximate surface area is 203 Å². The molecular formula is C29H37N3O2. The largest absolute Gasteiger partial charge is 0.371 e. The molecule has 2 aromatic carbocycles. The van der Waals surface area contributed by atoms with E-state index in [1.54, 1.807) is 0 Å². The monoisotopic (exact) mass is 459 g/mol. The molecular weight excluding hydrogens is 422 g/mol. The van der Waals surface area contributed by atoms with E-state index < -0.39 is 0 Å². The van der Waals surface area contributed by atoms with Crippen LogP contribution in [0.3, 0.4) is 0 Å². The molecule has 1 heterocycles. The molecule has 5 rings (SSSR count). The second kappa shape index (κ2) is 10.2. The Balaban J connectivity index is 1.32. The molecule has 0 aromatic heterocycles. The van der Waals surface area contributed by atoms with Crippen LogP contribution in [0.1, 0.15) is 80.1 Å². The van der Waals surface area contributed by atoms with Gasteiger partial charge in [-0.05, 0) is 67.7 Å². The number of piperidine rings is 1. The summed E-state index contributed by atoms with van der Waals surface area (Å²) >= 11 is 0. The third kappa shape index (κ3) is 5.29. The lowest BCUT2D eigenvalue weighted by molar-refractivity contribution is -0.117. The van der Waals surface area contributed by atoms with Crippen LogP contribution in [0.15, 0.2) is 48.5 Å². The molecule has 2 unspecified atom stereocenters. The van der Waals surface area contributed by atoms with E-state index in [0.29, 0.717) is 17.2 Å². The van der Waals surface area contributed by atoms with E-state index in [4.69, 9.17) is 0 Å². The number of anilines is 2. The quantitative estimate of drug-likeness (QED) is 0.580. The molecule has 0 radical (unpaired) electrons. The first-order valence-electron chi connectivity index (χ1n) is 13.1. The van der Waals surface area contributed by atoms with Crippen LogP contribution in [0.25, 0.3) is 0 Å². The molecule has 34 heavy (non-hydrogen) atoms. The van der Waals surface area contributed by atoms with Gasteiger partial charge in [-0.15, -0.1) is 0 Å². The molecule has 1 aliphatic heterocycles. The van der Waals surface area contributed by atoms with Crippen molar-refractivity contribution in [1.29, 1.82) is 0 Å². The smallest absolute Gasteiger partial charge is 0.253 e. The molecule has 2 N–H and O–H groups in total. The Bertz CT molecular complexity index is 1010. The summed E-state index contributed by atoms with van der Waals surface area (Å²) in [5.41, 5.74) is 3.62. The number of amides is 2. The Kier molecular flexibility index (Phi) is 6.89. The van der Waals surface area contributed by atoms with Crippen molar-refractivity contribution in [2.45, 2.75) is 70.3 Å². The number of hydrogen-bond acceptors (Lipinski definition) is 3. The van der Waals surface area contributed by atoms with Crippen molar-refractivity contribution >= 4 is 23.2 Å². The Morgan fingerprint density at radius 1 is 0.912 bits per heavy atom. The highest BCUT2D eigenvalue weighted by molar-refractivity contribution is 6.03. The van der Waals surface area contributed by atoms with Crippen molar-refractivity contribution in [3.05, 3.63) is 59.7 Å². The predicted molar refractivity (Wildman–Crippen MR) is 137 cm³/mol. The highest BCUT2D eigenvalue weighted by Crippen LogP contribution is 2.48. The molecule has 1 saturated heterocycles. The minimum Gasteiger partial charge on any atom is -0.371 e. The summed E-state index contributed by atoms with van der Waals surface area (Å²) in [6.07, 6.45) is 8.91. The topological polar surface area (TPSA) is 61.4 Å². The lowest BCUT2D eigenvalue weighted by Crippen LogP contribution is -2.38. The Morgan fingerprint density at radius 2 is 1.65 bits per heavy atom. The fraction of sp³-hybridized carbons (Fsp3) is 0.517. The van der Waals surface area contributed by atoms with Crippen LogP contribution in [0, 0.1) is 11.8 Å². The summed E-state index contributed by atoms with van der Waals surface area (Å²) in [5, 5.41) is 6.39. The normalized spacial score (nSPS) is 23.4. The summed E-state index contributed by atoms with van der Waals surface area (Å²) in [6.45, 7) is 4.24. The van der Waals surface area contributed by atoms with Gasteiger partial charge >= 0.3 is 0 Å². The predicted octanol–water partition coefficient (Wildman–Crippen LogP) is 5.73. The van der Waals surface area contributed by atoms with Crippen LogP contribution in [0.5, 0.6) is 0 Å². The maximum Gasteiger partial charge on any atom is 0.253 e. The van der Waals surface area contributed by atoms with Gasteiger partial charge in [0, 0.05) is 36.4 Å². The van der Waals surface area contributed by atoms with E-state index in [2.05, 4.69) is 34.6 Å². The minimum absolute atomic E-state index is 0.00479. The first kappa shape index (κ1) is 22.9. The number of hydrogen-bond donors (Lipinski definition) is 2. The average Bonchev–Trinajstić information content (AvgIpc) is 3.67. The standard InChI is InChI=1S/C29H37N3O2/c1-20-14-16-32(17-15-20)27-13-12-23(18-26(27)29(34)30-22-10-6-3-7-11-22)31-28(33)25-19-24(25)21-8-4-2-5-9-21/h2,4-5,8-9,12-13,18,20,22,24-25H,3,6-7,10-11,14-17,19H2,1H3,(H,30,34)(H,31,33). The summed E-state index contributed by atoms with van der Waals surface area (Å²) in [6, 6.07) is 16.4. The van der Waals surface area contributed by atoms with E-state index in [9.17, 15) is 9.59 Å². The van der Waals surface area contributed by atoms with Gasteiger partial charge < -0.3 is 15.5 Å². The van der Waals surface area contributed by atoms with E-state index in [1.165, 1.54) is 24.8 Å². The van der Waals surface area contributed by atoms with Crippen LogP contribution < -0.4 is 15.5 Å². The Hall–Kier alpha value is -2.82. The molecule has 0 bridgehead atoms. The Morgan fingerprint density at radius 3 is 2.38 bits per heavy atom. The van der Waals surface area contributed by atoms with Gasteiger partial charge in [-0.3, -0.25) is 9.59 Å². The van der Waals surface area contributed by atoms with E-state index in [0.717, 1.165) is 56.8 Å². The first-order chi connectivity index (χ1) is 16.6. The van der Waals surface area contributed by atoms with E-state index in [-0.39, 0.29) is 23.8 Å². The summed E-state index contributed by atoms with van der Waals surface area (Å²) < 4.78 is 0. The zero-order valence-corrected chi connectivity index (χ0v) is 20.3. The van der Waals surface area contributed by atoms with Crippen LogP contribution in [-0.4, -0.2) is 30.9 Å². The van der Waals surface area contributed by atoms with Gasteiger partial charge in [0.1, 0.15) is 0 Å². The maximum atomic E-state index is 13.4. The summed E-state index contributed by atoms with van der Waals surface area (Å²) in [4.78, 5) is 28.7. The van der Waals surface area contributed by atoms with Gasteiger partial charge in [0.2, 0.25) is 5.91 Å². The second-order valence-electron chi connectivity index (χ2n) is 10.6. The fourth-order valence-electron chi connectivity index (χ4n) is 5.62. The zero-order valence-electron chi connectivity index (χ0n) is 20.3. The molecule has 2 atom stereocenters. The number of carbonyl (C=O) groups excluding carboxylic acids is 2. The molecule has 180 valence electrons. The molecule has 5 nitrogen and oxygen atoms in total. The number of carbonyl (C=O) groups is 2. The van der Waals surface area contributed by atoms with Crippen molar-refractivity contribution in [1.82, 2.24) is 5.32 Å². The van der Waals surface area contributed by atoms with Crippen LogP contribution in [-0.2, 0) is 4.79 Å². The molecule has 2 amide bonds. The van der Waals surface area contributed by atoms with Crippen LogP contribution >= 0.6 is 0 Å². The highest BCUT2D eigenvalue weighted by Gasteiger charge is 2.43. The minimum atomic E-state index is -0.00907. The van der Waals surface area contributed by atoms with Gasteiger partial charge in [-0.2, -0.15) is 0 Å². The lowest BCUT2D eigenvalue weighted by Gasteiger charge is -2.34. The molecule has 0 spiro atoms. The van der Waals surface area contributed by atoms with Gasteiger partial charge in [-0.1, -0.05) is 56.5 Å². The molecule has 5 heteroatoms. The SMILES string of the molecule is CC1CCN(c2ccc(NC(=O)C3CC3c3ccccc3)cc2C(=O)NC2CCCCC2)CC1. The van der Waals surface area contributed by atoms with Crippen molar-refractivity contribution in [2.24, 2.45) is 11.8 Å². The summed E-state index contributed by atoms with van der Waals surface area (Å²) in [7, 11) is 0. The van der Waals surface area contributed by atoms with Crippen LogP contribution in [0.4, 0.5) is 11.4 Å². The summed E-state index contributed by atoms with van der Waals surface area (Å²) in [5.74, 6) is 1.07. The van der Waals surface area contributed by atoms with Crippen LogP contribution in [0.2, 0.25) is 0 Å². The fourth-order valence-corrected chi connectivity index (χ4v) is 5.62. The van der Waals surface area contributed by atoms with Crippen molar-refractivity contribution in [3.8, 4) is 0 Å². The number of nitrogens with zero attached hydrogens (tertiary/aromatic N) is 1. The molecule has 2 aliphatic carbocycles. The van der Waals surface area contributed by atoms with Gasteiger partial charge in [-0.25, -0.2) is 0 Å². The zero-order chi connectivity index (χ0) is 23.5. The van der Waals surface area contributed by atoms with Crippen molar-refractivity contribution in [3.63, 3.8) is 0 Å². The van der Waals surface area contributed by atoms with Gasteiger partial charge in [0.05, 0.1) is 5.56 Å². The molecule has 3 fully saturated rings. The first-order valence-corrected chi connectivity index (χ1v) is 13.1. The number of rotatable bonds is 6. The van der Waals surface area contributed by atoms with E-state index in [1.807, 2.05) is 36.4 Å². The second-order valence-corrected chi connectivity index (χ2v) is 10.6. The average molecular weight is 460 g/mol. The third-order valence-corrected chi connectivity index (χ3v) is 7.93.